The number of aliphatic hydroxyl groups excluding tert-OH is 3. The maximum Gasteiger partial charge on any atom is 0.341 e. The van der Waals surface area contributed by atoms with Gasteiger partial charge in [-0.05, 0) is 76.4 Å². The second kappa shape index (κ2) is 17.4. The van der Waals surface area contributed by atoms with E-state index in [0.29, 0.717) is 58.2 Å². The first-order valence-corrected chi connectivity index (χ1v) is 13.8. The Morgan fingerprint density at radius 2 is 1.20 bits per heavy atom. The van der Waals surface area contributed by atoms with E-state index in [-0.39, 0.29) is 32.6 Å². The Bertz CT molecular complexity index is 763. The smallest absolute Gasteiger partial charge is 0.341 e. The van der Waals surface area contributed by atoms with Gasteiger partial charge >= 0.3 is 5.97 Å². The summed E-state index contributed by atoms with van der Waals surface area (Å²) in [6.45, 7) is 3.67. The van der Waals surface area contributed by atoms with Crippen LogP contribution in [0.5, 0.6) is 0 Å². The van der Waals surface area contributed by atoms with Crippen molar-refractivity contribution in [1.82, 2.24) is 9.80 Å². The van der Waals surface area contributed by atoms with Crippen molar-refractivity contribution in [3.05, 3.63) is 0 Å². The van der Waals surface area contributed by atoms with Crippen molar-refractivity contribution in [1.29, 1.82) is 0 Å². The highest BCUT2D eigenvalue weighted by molar-refractivity contribution is 6.65. The summed E-state index contributed by atoms with van der Waals surface area (Å²) in [5.74, 6) is -1.81. The van der Waals surface area contributed by atoms with Crippen molar-refractivity contribution in [2.45, 2.75) is 93.8 Å². The minimum absolute atomic E-state index is 0.113. The van der Waals surface area contributed by atoms with E-state index in [2.05, 4.69) is 6.92 Å². The van der Waals surface area contributed by atoms with Crippen LogP contribution in [0.1, 0.15) is 71.1 Å². The van der Waals surface area contributed by atoms with Crippen LogP contribution >= 0.6 is 11.6 Å². The molecule has 4 aliphatic rings. The number of alkyl halides is 4. The third-order valence-electron chi connectivity index (χ3n) is 6.31. The van der Waals surface area contributed by atoms with E-state index in [1.165, 1.54) is 11.9 Å². The Kier molecular flexibility index (Phi) is 16.8. The lowest BCUT2D eigenvalue weighted by Crippen LogP contribution is -2.37. The molecule has 40 heavy (non-hydrogen) atoms. The van der Waals surface area contributed by atoms with Crippen LogP contribution in [-0.2, 0) is 14.4 Å². The van der Waals surface area contributed by atoms with Gasteiger partial charge in [0.2, 0.25) is 5.67 Å². The molecule has 4 N–H and O–H groups in total. The normalized spacial score (nSPS) is 20.3. The van der Waals surface area contributed by atoms with Gasteiger partial charge in [0.1, 0.15) is 5.67 Å². The first-order chi connectivity index (χ1) is 18.5. The standard InChI is InChI=1S/C7H12FNO2.C7H14FNO.C4H4ClFO.C4H5FO2.C4H10O/c1-9(4-5-10)6(11)7(8)2-3-7;1-9(4-5-10)6-7(8)2-3-7;5-3(7)4(6)1-2-4;5-4(1-2-4)3(6)7;1-2-3-4-5/h10H,2-5H2,1H3;10H,2-6H2,1H3;1-2H2;1-2H2,(H,6,7);5H,2-4H2,1H3. The van der Waals surface area contributed by atoms with Crippen molar-refractivity contribution in [2.24, 2.45) is 0 Å². The van der Waals surface area contributed by atoms with Gasteiger partial charge in [-0.3, -0.25) is 9.59 Å². The minimum Gasteiger partial charge on any atom is -0.479 e. The van der Waals surface area contributed by atoms with Gasteiger partial charge < -0.3 is 30.2 Å². The minimum atomic E-state index is -1.83. The number of aliphatic carboxylic acids is 1. The average Bonchev–Trinajstić information content (AvgIpc) is 3.67. The van der Waals surface area contributed by atoms with Crippen molar-refractivity contribution in [2.75, 3.05) is 53.6 Å². The third-order valence-corrected chi connectivity index (χ3v) is 6.65. The summed E-state index contributed by atoms with van der Waals surface area (Å²) in [6.07, 6.45) is 5.13. The van der Waals surface area contributed by atoms with Crippen LogP contribution in [0.2, 0.25) is 0 Å². The highest BCUT2D eigenvalue weighted by Gasteiger charge is 2.52. The maximum absolute atomic E-state index is 13.0. The Morgan fingerprint density at radius 1 is 0.750 bits per heavy atom. The number of carbonyl (C=O) groups is 3. The lowest BCUT2D eigenvalue weighted by atomic mass is 10.3. The van der Waals surface area contributed by atoms with Gasteiger partial charge in [0.05, 0.1) is 13.2 Å². The molecule has 0 aromatic heterocycles. The van der Waals surface area contributed by atoms with Gasteiger partial charge in [-0.15, -0.1) is 0 Å². The van der Waals surface area contributed by atoms with E-state index in [9.17, 15) is 31.9 Å². The van der Waals surface area contributed by atoms with Crippen LogP contribution < -0.4 is 0 Å². The molecule has 0 radical (unpaired) electrons. The fourth-order valence-electron chi connectivity index (χ4n) is 2.73. The molecule has 4 rings (SSSR count). The Balaban J connectivity index is 0.000000488. The van der Waals surface area contributed by atoms with Gasteiger partial charge in [0, 0.05) is 33.3 Å². The molecule has 0 heterocycles. The van der Waals surface area contributed by atoms with E-state index in [1.54, 1.807) is 0 Å². The number of carboxylic acid groups (broad SMARTS) is 1. The van der Waals surface area contributed by atoms with Crippen molar-refractivity contribution in [3.63, 3.8) is 0 Å². The van der Waals surface area contributed by atoms with Crippen LogP contribution in [0.3, 0.4) is 0 Å². The molecule has 0 saturated heterocycles. The summed E-state index contributed by atoms with van der Waals surface area (Å²) in [5.41, 5.74) is -5.96. The summed E-state index contributed by atoms with van der Waals surface area (Å²) in [7, 11) is 3.33. The van der Waals surface area contributed by atoms with Gasteiger partial charge in [0.25, 0.3) is 11.1 Å². The first-order valence-electron chi connectivity index (χ1n) is 13.4. The second-order valence-electron chi connectivity index (χ2n) is 10.6. The number of likely N-dealkylation sites (N-methyl/N-ethyl adjacent to an activating group) is 2. The molecule has 9 nitrogen and oxygen atoms in total. The zero-order valence-corrected chi connectivity index (χ0v) is 24.4. The van der Waals surface area contributed by atoms with Gasteiger partial charge in [0.15, 0.2) is 11.3 Å². The number of aliphatic hydroxyl groups is 3. The quantitative estimate of drug-likeness (QED) is 0.207. The Morgan fingerprint density at radius 3 is 1.40 bits per heavy atom. The van der Waals surface area contributed by atoms with Crippen LogP contribution in [0.25, 0.3) is 0 Å². The van der Waals surface area contributed by atoms with E-state index in [0.717, 1.165) is 12.8 Å². The number of carbonyl (C=O) groups excluding carboxylic acids is 2. The predicted octanol–water partition coefficient (Wildman–Crippen LogP) is 2.96. The van der Waals surface area contributed by atoms with E-state index >= 15 is 0 Å². The van der Waals surface area contributed by atoms with E-state index < -0.39 is 39.8 Å². The summed E-state index contributed by atoms with van der Waals surface area (Å²) in [4.78, 5) is 33.7. The molecule has 4 saturated carbocycles. The van der Waals surface area contributed by atoms with Crippen LogP contribution in [-0.4, -0.2) is 124 Å². The Hall–Kier alpha value is -1.54. The Labute approximate surface area is 238 Å². The SMILES string of the molecule is CCCCO.CN(CCO)C(=O)C1(F)CC1.CN(CCO)CC1(F)CC1.O=C(Cl)C1(F)CC1.O=C(O)C1(F)CC1. The number of hydrogen-bond acceptors (Lipinski definition) is 7. The highest BCUT2D eigenvalue weighted by Crippen LogP contribution is 2.42. The summed E-state index contributed by atoms with van der Waals surface area (Å²) in [5, 5.41) is 32.1. The molecule has 4 fully saturated rings. The molecule has 0 atom stereocenters. The summed E-state index contributed by atoms with van der Waals surface area (Å²) >= 11 is 4.80. The molecule has 0 aliphatic heterocycles. The predicted molar refractivity (Wildman–Crippen MR) is 142 cm³/mol. The molecule has 0 spiro atoms. The number of carboxylic acids is 1. The fraction of sp³-hybridized carbons (Fsp3) is 0.885. The fourth-order valence-corrected chi connectivity index (χ4v) is 2.92. The number of nitrogens with zero attached hydrogens (tertiary/aromatic N) is 2. The maximum atomic E-state index is 13.0. The zero-order valence-electron chi connectivity index (χ0n) is 23.6. The van der Waals surface area contributed by atoms with Crippen molar-refractivity contribution < 1.29 is 52.4 Å². The highest BCUT2D eigenvalue weighted by atomic mass is 35.5. The van der Waals surface area contributed by atoms with Crippen LogP contribution in [0, 0.1) is 0 Å². The van der Waals surface area contributed by atoms with Gasteiger partial charge in [-0.1, -0.05) is 13.3 Å². The molecule has 14 heteroatoms. The first kappa shape index (κ1) is 38.5. The molecule has 0 bridgehead atoms. The lowest BCUT2D eigenvalue weighted by molar-refractivity contribution is -0.144. The molecule has 236 valence electrons. The van der Waals surface area contributed by atoms with E-state index in [1.807, 2.05) is 11.9 Å². The summed E-state index contributed by atoms with van der Waals surface area (Å²) < 4.78 is 50.1. The molecule has 0 unspecified atom stereocenters. The number of unbranched alkanes of at least 4 members (excludes halogenated alkanes) is 1. The number of halogens is 5. The third kappa shape index (κ3) is 16.0. The second-order valence-corrected chi connectivity index (χ2v) is 11.0. The van der Waals surface area contributed by atoms with Crippen molar-refractivity contribution in [3.8, 4) is 0 Å². The zero-order chi connectivity index (χ0) is 31.2. The lowest BCUT2D eigenvalue weighted by Gasteiger charge is -2.17. The number of hydrogen-bond donors (Lipinski definition) is 4. The summed E-state index contributed by atoms with van der Waals surface area (Å²) in [6, 6.07) is 0. The van der Waals surface area contributed by atoms with E-state index in [4.69, 9.17) is 32.0 Å². The largest absolute Gasteiger partial charge is 0.479 e. The monoisotopic (exact) mass is 608 g/mol. The molecular weight excluding hydrogens is 564 g/mol. The van der Waals surface area contributed by atoms with Gasteiger partial charge in [-0.25, -0.2) is 22.4 Å². The average molecular weight is 609 g/mol. The number of amides is 1. The molecular formula is C26H45ClF4N2O7. The van der Waals surface area contributed by atoms with Crippen LogP contribution in [0.15, 0.2) is 0 Å². The number of rotatable bonds is 11. The molecule has 1 amide bonds. The molecule has 4 aliphatic carbocycles. The molecule has 0 aromatic carbocycles. The van der Waals surface area contributed by atoms with Crippen molar-refractivity contribution >= 4 is 28.7 Å². The topological polar surface area (TPSA) is 139 Å². The van der Waals surface area contributed by atoms with Gasteiger partial charge in [-0.2, -0.15) is 0 Å². The molecule has 0 aromatic rings. The van der Waals surface area contributed by atoms with Crippen LogP contribution in [0.4, 0.5) is 17.6 Å².